The van der Waals surface area contributed by atoms with E-state index in [2.05, 4.69) is 52.0 Å². The first-order valence-corrected chi connectivity index (χ1v) is 10.9. The van der Waals surface area contributed by atoms with E-state index in [1.807, 2.05) is 35.0 Å². The molecule has 7 nitrogen and oxygen atoms in total. The molecule has 3 aromatic rings. The van der Waals surface area contributed by atoms with Crippen molar-refractivity contribution in [2.75, 3.05) is 34.4 Å². The molecule has 0 unspecified atom stereocenters. The fourth-order valence-corrected chi connectivity index (χ4v) is 3.52. The van der Waals surface area contributed by atoms with Crippen molar-refractivity contribution in [3.63, 3.8) is 0 Å². The minimum absolute atomic E-state index is 0. The second-order valence-corrected chi connectivity index (χ2v) is 7.49. The second kappa shape index (κ2) is 13.7. The summed E-state index contributed by atoms with van der Waals surface area (Å²) in [6.07, 6.45) is 4.95. The molecule has 1 aromatic heterocycles. The van der Waals surface area contributed by atoms with Gasteiger partial charge in [0, 0.05) is 26.3 Å². The third-order valence-corrected chi connectivity index (χ3v) is 5.31. The van der Waals surface area contributed by atoms with E-state index in [4.69, 9.17) is 9.47 Å². The number of rotatable bonds is 10. The number of aromatic nitrogens is 2. The minimum Gasteiger partial charge on any atom is -0.493 e. The molecule has 0 aliphatic rings. The summed E-state index contributed by atoms with van der Waals surface area (Å²) in [7, 11) is 5.09. The predicted molar refractivity (Wildman–Crippen MR) is 145 cm³/mol. The molecular weight excluding hydrogens is 529 g/mol. The predicted octanol–water partition coefficient (Wildman–Crippen LogP) is 4.16. The highest BCUT2D eigenvalue weighted by atomic mass is 127. The Labute approximate surface area is 213 Å². The van der Waals surface area contributed by atoms with Crippen molar-refractivity contribution in [2.24, 2.45) is 4.99 Å². The lowest BCUT2D eigenvalue weighted by atomic mass is 10.1. The number of benzene rings is 2. The van der Waals surface area contributed by atoms with Crippen molar-refractivity contribution >= 4 is 29.9 Å². The van der Waals surface area contributed by atoms with Crippen molar-refractivity contribution in [2.45, 2.75) is 26.2 Å². The molecule has 0 bridgehead atoms. The molecule has 178 valence electrons. The van der Waals surface area contributed by atoms with E-state index >= 15 is 0 Å². The van der Waals surface area contributed by atoms with Gasteiger partial charge in [0.1, 0.15) is 0 Å². The number of aryl methyl sites for hydroxylation is 2. The molecule has 0 aliphatic heterocycles. The van der Waals surface area contributed by atoms with Crippen LogP contribution in [-0.2, 0) is 12.8 Å². The van der Waals surface area contributed by atoms with Gasteiger partial charge < -0.3 is 20.1 Å². The van der Waals surface area contributed by atoms with Crippen LogP contribution in [0.1, 0.15) is 23.2 Å². The van der Waals surface area contributed by atoms with Gasteiger partial charge in [-0.3, -0.25) is 4.99 Å². The molecular formula is C25H34IN5O2. The van der Waals surface area contributed by atoms with Crippen LogP contribution in [0.15, 0.2) is 59.7 Å². The maximum Gasteiger partial charge on any atom is 0.190 e. The van der Waals surface area contributed by atoms with Crippen LogP contribution in [0.4, 0.5) is 0 Å². The lowest BCUT2D eigenvalue weighted by Crippen LogP contribution is -2.38. The number of guanidine groups is 1. The molecule has 8 heteroatoms. The Morgan fingerprint density at radius 2 is 1.70 bits per heavy atom. The van der Waals surface area contributed by atoms with E-state index in [1.54, 1.807) is 21.3 Å². The van der Waals surface area contributed by atoms with Gasteiger partial charge in [-0.05, 0) is 61.6 Å². The fraction of sp³-hybridized carbons (Fsp3) is 0.360. The third-order valence-electron chi connectivity index (χ3n) is 5.31. The molecule has 2 aromatic carbocycles. The molecule has 2 N–H and O–H groups in total. The van der Waals surface area contributed by atoms with Gasteiger partial charge >= 0.3 is 0 Å². The average Bonchev–Trinajstić information content (AvgIpc) is 3.21. The third kappa shape index (κ3) is 7.66. The Morgan fingerprint density at radius 1 is 0.970 bits per heavy atom. The van der Waals surface area contributed by atoms with Gasteiger partial charge in [-0.1, -0.05) is 24.3 Å². The first-order valence-electron chi connectivity index (χ1n) is 10.9. The number of hydrogen-bond acceptors (Lipinski definition) is 4. The molecule has 0 saturated carbocycles. The molecule has 0 saturated heterocycles. The number of halogens is 1. The summed E-state index contributed by atoms with van der Waals surface area (Å²) in [5.41, 5.74) is 4.61. The smallest absolute Gasteiger partial charge is 0.190 e. The Kier molecular flexibility index (Phi) is 11.0. The van der Waals surface area contributed by atoms with E-state index in [0.717, 1.165) is 61.2 Å². The first-order chi connectivity index (χ1) is 15.6. The molecule has 33 heavy (non-hydrogen) atoms. The van der Waals surface area contributed by atoms with Gasteiger partial charge in [0.15, 0.2) is 17.5 Å². The normalized spacial score (nSPS) is 11.0. The zero-order valence-corrected chi connectivity index (χ0v) is 22.1. The minimum atomic E-state index is 0. The SMILES string of the molecule is CN=C(NCCCc1cn(-c2ccccc2)nc1C)NCCc1ccc(OC)c(OC)c1.I. The van der Waals surface area contributed by atoms with E-state index in [-0.39, 0.29) is 24.0 Å². The van der Waals surface area contributed by atoms with Crippen LogP contribution in [0.2, 0.25) is 0 Å². The topological polar surface area (TPSA) is 72.7 Å². The Hall–Kier alpha value is -2.75. The Balaban J connectivity index is 0.00000385. The summed E-state index contributed by atoms with van der Waals surface area (Å²) in [5.74, 6) is 2.30. The van der Waals surface area contributed by atoms with Crippen molar-refractivity contribution in [1.29, 1.82) is 0 Å². The fourth-order valence-electron chi connectivity index (χ4n) is 3.52. The van der Waals surface area contributed by atoms with E-state index in [9.17, 15) is 0 Å². The van der Waals surface area contributed by atoms with Gasteiger partial charge in [0.2, 0.25) is 0 Å². The lowest BCUT2D eigenvalue weighted by molar-refractivity contribution is 0.354. The molecule has 0 amide bonds. The van der Waals surface area contributed by atoms with Crippen LogP contribution >= 0.6 is 24.0 Å². The maximum atomic E-state index is 5.37. The summed E-state index contributed by atoms with van der Waals surface area (Å²) in [6.45, 7) is 3.68. The standard InChI is InChI=1S/C25H33N5O2.HI/c1-19-21(18-30(29-19)22-10-6-5-7-11-22)9-8-15-27-25(26-2)28-16-14-20-12-13-23(31-3)24(17-20)32-4;/h5-7,10-13,17-18H,8-9,14-16H2,1-4H3,(H2,26,27,28);1H. The maximum absolute atomic E-state index is 5.37. The quantitative estimate of drug-likeness (QED) is 0.168. The summed E-state index contributed by atoms with van der Waals surface area (Å²) in [6, 6.07) is 16.2. The number of ether oxygens (including phenoxy) is 2. The molecule has 0 radical (unpaired) electrons. The van der Waals surface area contributed by atoms with Crippen LogP contribution in [0, 0.1) is 6.92 Å². The number of nitrogens with zero attached hydrogens (tertiary/aromatic N) is 3. The summed E-state index contributed by atoms with van der Waals surface area (Å²) >= 11 is 0. The van der Waals surface area contributed by atoms with Gasteiger partial charge in [-0.2, -0.15) is 5.10 Å². The van der Waals surface area contributed by atoms with Crippen molar-refractivity contribution in [1.82, 2.24) is 20.4 Å². The van der Waals surface area contributed by atoms with Crippen LogP contribution in [0.3, 0.4) is 0 Å². The highest BCUT2D eigenvalue weighted by Gasteiger charge is 2.07. The number of nitrogens with one attached hydrogen (secondary N) is 2. The highest BCUT2D eigenvalue weighted by Crippen LogP contribution is 2.27. The zero-order chi connectivity index (χ0) is 22.8. The number of aliphatic imine (C=N–C) groups is 1. The van der Waals surface area contributed by atoms with Crippen LogP contribution in [0.5, 0.6) is 11.5 Å². The van der Waals surface area contributed by atoms with Gasteiger partial charge in [0.05, 0.1) is 25.6 Å². The second-order valence-electron chi connectivity index (χ2n) is 7.49. The van der Waals surface area contributed by atoms with E-state index in [1.165, 1.54) is 11.1 Å². The number of para-hydroxylation sites is 1. The molecule has 0 fully saturated rings. The molecule has 0 atom stereocenters. The van der Waals surface area contributed by atoms with Gasteiger partial charge in [0.25, 0.3) is 0 Å². The zero-order valence-electron chi connectivity index (χ0n) is 19.8. The summed E-state index contributed by atoms with van der Waals surface area (Å²) < 4.78 is 12.6. The van der Waals surface area contributed by atoms with Crippen molar-refractivity contribution in [3.05, 3.63) is 71.5 Å². The van der Waals surface area contributed by atoms with Gasteiger partial charge in [-0.25, -0.2) is 4.68 Å². The van der Waals surface area contributed by atoms with Crippen LogP contribution < -0.4 is 20.1 Å². The van der Waals surface area contributed by atoms with Crippen molar-refractivity contribution < 1.29 is 9.47 Å². The van der Waals surface area contributed by atoms with E-state index < -0.39 is 0 Å². The number of methoxy groups -OCH3 is 2. The van der Waals surface area contributed by atoms with Gasteiger partial charge in [-0.15, -0.1) is 24.0 Å². The van der Waals surface area contributed by atoms with E-state index in [0.29, 0.717) is 0 Å². The Bertz CT molecular complexity index is 1020. The lowest BCUT2D eigenvalue weighted by Gasteiger charge is -2.13. The molecule has 3 rings (SSSR count). The molecule has 0 spiro atoms. The molecule has 1 heterocycles. The van der Waals surface area contributed by atoms with Crippen LogP contribution in [0.25, 0.3) is 5.69 Å². The highest BCUT2D eigenvalue weighted by molar-refractivity contribution is 14.0. The summed E-state index contributed by atoms with van der Waals surface area (Å²) in [4.78, 5) is 4.32. The largest absolute Gasteiger partial charge is 0.493 e. The van der Waals surface area contributed by atoms with Crippen LogP contribution in [-0.4, -0.2) is 50.1 Å². The molecule has 0 aliphatic carbocycles. The number of hydrogen-bond donors (Lipinski definition) is 2. The monoisotopic (exact) mass is 563 g/mol. The summed E-state index contributed by atoms with van der Waals surface area (Å²) in [5, 5.41) is 11.4. The van der Waals surface area contributed by atoms with Crippen molar-refractivity contribution in [3.8, 4) is 17.2 Å². The Morgan fingerprint density at radius 3 is 2.39 bits per heavy atom. The average molecular weight is 563 g/mol. The first kappa shape index (κ1) is 26.5.